The summed E-state index contributed by atoms with van der Waals surface area (Å²) in [5.41, 5.74) is 1.99. The molecular formula is C14H14ClN3O3. The Morgan fingerprint density at radius 1 is 1.33 bits per heavy atom. The molecular weight excluding hydrogens is 294 g/mol. The highest BCUT2D eigenvalue weighted by molar-refractivity contribution is 6.29. The normalized spacial score (nSPS) is 10.4. The third kappa shape index (κ3) is 4.40. The first kappa shape index (κ1) is 15.2. The van der Waals surface area contributed by atoms with Gasteiger partial charge in [-0.3, -0.25) is 10.1 Å². The minimum atomic E-state index is -0.502. The molecule has 110 valence electrons. The van der Waals surface area contributed by atoms with Crippen molar-refractivity contribution in [3.63, 3.8) is 0 Å². The summed E-state index contributed by atoms with van der Waals surface area (Å²) < 4.78 is 5.08. The molecule has 1 N–H and O–H groups in total. The molecule has 0 spiro atoms. The number of aromatic nitrogens is 1. The average Bonchev–Trinajstić information content (AvgIpc) is 2.45. The number of ether oxygens (including phenoxy) is 1. The van der Waals surface area contributed by atoms with Crippen molar-refractivity contribution in [1.29, 1.82) is 0 Å². The molecule has 0 radical (unpaired) electrons. The lowest BCUT2D eigenvalue weighted by Gasteiger charge is -2.08. The minimum Gasteiger partial charge on any atom is -0.380 e. The van der Waals surface area contributed by atoms with Gasteiger partial charge >= 0.3 is 0 Å². The maximum Gasteiger partial charge on any atom is 0.276 e. The molecule has 0 aliphatic heterocycles. The Morgan fingerprint density at radius 3 is 2.81 bits per heavy atom. The Kier molecular flexibility index (Phi) is 5.08. The van der Waals surface area contributed by atoms with Gasteiger partial charge in [0.1, 0.15) is 11.0 Å². The second-order valence-electron chi connectivity index (χ2n) is 4.40. The van der Waals surface area contributed by atoms with E-state index in [2.05, 4.69) is 10.3 Å². The van der Waals surface area contributed by atoms with Gasteiger partial charge < -0.3 is 10.1 Å². The van der Waals surface area contributed by atoms with Crippen LogP contribution < -0.4 is 5.32 Å². The summed E-state index contributed by atoms with van der Waals surface area (Å²) in [6, 6.07) is 10.4. The quantitative estimate of drug-likeness (QED) is 0.503. The zero-order valence-electron chi connectivity index (χ0n) is 11.4. The highest BCUT2D eigenvalue weighted by Gasteiger charge is 2.10. The molecule has 2 rings (SSSR count). The van der Waals surface area contributed by atoms with E-state index in [1.54, 1.807) is 7.11 Å². The fraction of sp³-hybridized carbons (Fsp3) is 0.214. The van der Waals surface area contributed by atoms with Crippen LogP contribution in [-0.4, -0.2) is 17.0 Å². The van der Waals surface area contributed by atoms with Gasteiger partial charge in [0.2, 0.25) is 0 Å². The highest BCUT2D eigenvalue weighted by atomic mass is 35.5. The standard InChI is InChI=1S/C14H14ClN3O3/c1-21-9-11-4-2-3-10(5-11)8-16-14-7-12(18(19)20)6-13(15)17-14/h2-7H,8-9H2,1H3,(H,16,17). The SMILES string of the molecule is COCc1cccc(CNc2cc([N+](=O)[O-])cc(Cl)n2)c1. The summed E-state index contributed by atoms with van der Waals surface area (Å²) in [6.07, 6.45) is 0. The zero-order chi connectivity index (χ0) is 15.2. The lowest BCUT2D eigenvalue weighted by Crippen LogP contribution is -2.03. The summed E-state index contributed by atoms with van der Waals surface area (Å²) in [6.45, 7) is 1.02. The van der Waals surface area contributed by atoms with Gasteiger partial charge in [0, 0.05) is 13.7 Å². The van der Waals surface area contributed by atoms with Crippen LogP contribution in [-0.2, 0) is 17.9 Å². The Balaban J connectivity index is 2.09. The molecule has 0 amide bonds. The predicted molar refractivity (Wildman–Crippen MR) is 80.4 cm³/mol. The van der Waals surface area contributed by atoms with Crippen LogP contribution >= 0.6 is 11.6 Å². The molecule has 0 saturated heterocycles. The molecule has 21 heavy (non-hydrogen) atoms. The first-order valence-electron chi connectivity index (χ1n) is 6.21. The van der Waals surface area contributed by atoms with E-state index in [0.29, 0.717) is 19.0 Å². The second-order valence-corrected chi connectivity index (χ2v) is 4.78. The monoisotopic (exact) mass is 307 g/mol. The molecule has 1 aromatic carbocycles. The first-order valence-corrected chi connectivity index (χ1v) is 6.59. The number of anilines is 1. The Bertz CT molecular complexity index is 649. The summed E-state index contributed by atoms with van der Waals surface area (Å²) in [4.78, 5) is 14.3. The molecule has 1 heterocycles. The van der Waals surface area contributed by atoms with E-state index < -0.39 is 4.92 Å². The van der Waals surface area contributed by atoms with Crippen molar-refractivity contribution in [3.8, 4) is 0 Å². The van der Waals surface area contributed by atoms with Crippen LogP contribution in [0, 0.1) is 10.1 Å². The van der Waals surface area contributed by atoms with Gasteiger partial charge in [0.05, 0.1) is 23.7 Å². The smallest absolute Gasteiger partial charge is 0.276 e. The molecule has 7 heteroatoms. The van der Waals surface area contributed by atoms with E-state index in [-0.39, 0.29) is 10.8 Å². The summed E-state index contributed by atoms with van der Waals surface area (Å²) in [7, 11) is 1.64. The fourth-order valence-electron chi connectivity index (χ4n) is 1.87. The Labute approximate surface area is 126 Å². The topological polar surface area (TPSA) is 77.3 Å². The molecule has 0 fully saturated rings. The number of nitro groups is 1. The van der Waals surface area contributed by atoms with Gasteiger partial charge in [0.15, 0.2) is 0 Å². The predicted octanol–water partition coefficient (Wildman–Crippen LogP) is 3.40. The minimum absolute atomic E-state index is 0.0832. The van der Waals surface area contributed by atoms with Crippen LogP contribution in [0.2, 0.25) is 5.15 Å². The number of halogens is 1. The average molecular weight is 308 g/mol. The lowest BCUT2D eigenvalue weighted by atomic mass is 10.1. The van der Waals surface area contributed by atoms with Crippen LogP contribution in [0.4, 0.5) is 11.5 Å². The molecule has 2 aromatic rings. The summed E-state index contributed by atoms with van der Waals surface area (Å²) in [5.74, 6) is 0.367. The molecule has 0 aliphatic rings. The molecule has 0 bridgehead atoms. The van der Waals surface area contributed by atoms with E-state index in [1.807, 2.05) is 24.3 Å². The third-order valence-electron chi connectivity index (χ3n) is 2.77. The van der Waals surface area contributed by atoms with Gasteiger partial charge in [-0.25, -0.2) is 4.98 Å². The number of rotatable bonds is 6. The van der Waals surface area contributed by atoms with E-state index >= 15 is 0 Å². The van der Waals surface area contributed by atoms with Crippen molar-refractivity contribution < 1.29 is 9.66 Å². The molecule has 1 aromatic heterocycles. The van der Waals surface area contributed by atoms with E-state index in [9.17, 15) is 10.1 Å². The molecule has 0 saturated carbocycles. The lowest BCUT2D eigenvalue weighted by molar-refractivity contribution is -0.384. The summed E-state index contributed by atoms with van der Waals surface area (Å²) in [5, 5.41) is 13.9. The van der Waals surface area contributed by atoms with E-state index in [4.69, 9.17) is 16.3 Å². The highest BCUT2D eigenvalue weighted by Crippen LogP contribution is 2.21. The van der Waals surface area contributed by atoms with Crippen LogP contribution in [0.3, 0.4) is 0 Å². The number of hydrogen-bond acceptors (Lipinski definition) is 5. The van der Waals surface area contributed by atoms with Gasteiger partial charge in [-0.1, -0.05) is 35.9 Å². The van der Waals surface area contributed by atoms with Crippen molar-refractivity contribution in [2.24, 2.45) is 0 Å². The number of hydrogen-bond donors (Lipinski definition) is 1. The van der Waals surface area contributed by atoms with E-state index in [1.165, 1.54) is 12.1 Å². The Morgan fingerprint density at radius 2 is 2.10 bits per heavy atom. The van der Waals surface area contributed by atoms with Crippen molar-refractivity contribution in [3.05, 3.63) is 62.8 Å². The van der Waals surface area contributed by atoms with Gasteiger partial charge in [-0.05, 0) is 11.1 Å². The molecule has 0 atom stereocenters. The Hall–Kier alpha value is -2.18. The van der Waals surface area contributed by atoms with Crippen molar-refractivity contribution in [1.82, 2.24) is 4.98 Å². The largest absolute Gasteiger partial charge is 0.380 e. The molecule has 6 nitrogen and oxygen atoms in total. The van der Waals surface area contributed by atoms with E-state index in [0.717, 1.165) is 11.1 Å². The number of methoxy groups -OCH3 is 1. The maximum absolute atomic E-state index is 10.8. The number of nitrogens with one attached hydrogen (secondary N) is 1. The fourth-order valence-corrected chi connectivity index (χ4v) is 2.07. The second kappa shape index (κ2) is 7.01. The van der Waals surface area contributed by atoms with Crippen LogP contribution in [0.1, 0.15) is 11.1 Å². The summed E-state index contributed by atoms with van der Waals surface area (Å²) >= 11 is 5.77. The van der Waals surface area contributed by atoms with Crippen molar-refractivity contribution >= 4 is 23.1 Å². The maximum atomic E-state index is 10.8. The molecule has 0 unspecified atom stereocenters. The van der Waals surface area contributed by atoms with Crippen molar-refractivity contribution in [2.45, 2.75) is 13.2 Å². The molecule has 0 aliphatic carbocycles. The zero-order valence-corrected chi connectivity index (χ0v) is 12.1. The van der Waals surface area contributed by atoms with Crippen LogP contribution in [0.5, 0.6) is 0 Å². The van der Waals surface area contributed by atoms with Gasteiger partial charge in [-0.2, -0.15) is 0 Å². The number of benzene rings is 1. The van der Waals surface area contributed by atoms with Gasteiger partial charge in [0.25, 0.3) is 5.69 Å². The van der Waals surface area contributed by atoms with Crippen molar-refractivity contribution in [2.75, 3.05) is 12.4 Å². The number of pyridine rings is 1. The first-order chi connectivity index (χ1) is 10.1. The third-order valence-corrected chi connectivity index (χ3v) is 2.96. The van der Waals surface area contributed by atoms with Gasteiger partial charge in [-0.15, -0.1) is 0 Å². The van der Waals surface area contributed by atoms with Crippen LogP contribution in [0.25, 0.3) is 0 Å². The number of nitrogens with zero attached hydrogens (tertiary/aromatic N) is 2. The van der Waals surface area contributed by atoms with Crippen LogP contribution in [0.15, 0.2) is 36.4 Å².